The summed E-state index contributed by atoms with van der Waals surface area (Å²) in [6.07, 6.45) is 0. The molecular weight excluding hydrogens is 438 g/mol. The summed E-state index contributed by atoms with van der Waals surface area (Å²) in [6, 6.07) is 5.93. The van der Waals surface area contributed by atoms with E-state index in [1.807, 2.05) is 0 Å². The molecule has 0 aliphatic rings. The van der Waals surface area contributed by atoms with Crippen molar-refractivity contribution in [2.75, 3.05) is 23.2 Å². The minimum atomic E-state index is -4.79. The van der Waals surface area contributed by atoms with Gasteiger partial charge < -0.3 is 5.11 Å². The first-order valence-electron chi connectivity index (χ1n) is 7.61. The van der Waals surface area contributed by atoms with Gasteiger partial charge in [0, 0.05) is 18.0 Å². The highest BCUT2D eigenvalue weighted by Crippen LogP contribution is 2.32. The Hall–Kier alpha value is -1.97. The van der Waals surface area contributed by atoms with Gasteiger partial charge in [-0.3, -0.25) is 13.4 Å². The molecule has 0 fully saturated rings. The number of hydrogen-bond donors (Lipinski definition) is 3. The van der Waals surface area contributed by atoms with Gasteiger partial charge in [-0.25, -0.2) is 12.6 Å². The van der Waals surface area contributed by atoms with Gasteiger partial charge in [0.1, 0.15) is 5.75 Å². The smallest absolute Gasteiger partial charge is 0.397 e. The molecule has 28 heavy (non-hydrogen) atoms. The normalized spacial score (nSPS) is 13.0. The molecular formula is C14H17NO10S3. The summed E-state index contributed by atoms with van der Waals surface area (Å²) in [4.78, 5) is -0.567. The minimum absolute atomic E-state index is 0.0519. The summed E-state index contributed by atoms with van der Waals surface area (Å²) in [5.74, 6) is -1.18. The highest BCUT2D eigenvalue weighted by Gasteiger charge is 2.23. The second-order valence-corrected chi connectivity index (χ2v) is 10.1. The van der Waals surface area contributed by atoms with Gasteiger partial charge in [0.2, 0.25) is 10.0 Å². The van der Waals surface area contributed by atoms with Gasteiger partial charge in [0.25, 0.3) is 10.1 Å². The van der Waals surface area contributed by atoms with Gasteiger partial charge in [0.15, 0.2) is 0 Å². The van der Waals surface area contributed by atoms with Gasteiger partial charge >= 0.3 is 10.4 Å². The zero-order valence-electron chi connectivity index (χ0n) is 14.4. The average molecular weight is 455 g/mol. The Labute approximate surface area is 161 Å². The number of benzene rings is 2. The first-order valence-corrected chi connectivity index (χ1v) is 12.0. The minimum Gasteiger partial charge on any atom is -0.507 e. The van der Waals surface area contributed by atoms with E-state index in [4.69, 9.17) is 9.11 Å². The SMILES string of the molecule is CCN(c1ccc2c(O)cc(S(=O)(=O)O)cc2c1)S(=O)(=O)CCOS(=O)(=O)O. The molecule has 0 saturated heterocycles. The van der Waals surface area contributed by atoms with Crippen molar-refractivity contribution < 1.29 is 43.6 Å². The van der Waals surface area contributed by atoms with Gasteiger partial charge in [-0.1, -0.05) is 0 Å². The van der Waals surface area contributed by atoms with Crippen LogP contribution in [0.2, 0.25) is 0 Å². The molecule has 11 nitrogen and oxygen atoms in total. The highest BCUT2D eigenvalue weighted by molar-refractivity contribution is 7.92. The van der Waals surface area contributed by atoms with E-state index in [2.05, 4.69) is 4.18 Å². The summed E-state index contributed by atoms with van der Waals surface area (Å²) < 4.78 is 91.3. The van der Waals surface area contributed by atoms with E-state index in [-0.39, 0.29) is 23.0 Å². The Morgan fingerprint density at radius 2 is 1.64 bits per heavy atom. The molecule has 0 aromatic heterocycles. The maximum Gasteiger partial charge on any atom is 0.397 e. The molecule has 0 aliphatic carbocycles. The van der Waals surface area contributed by atoms with Crippen LogP contribution in [0.3, 0.4) is 0 Å². The summed E-state index contributed by atoms with van der Waals surface area (Å²) in [7, 11) is -13.4. The number of fused-ring (bicyclic) bond motifs is 1. The maximum atomic E-state index is 12.5. The van der Waals surface area contributed by atoms with Crippen molar-refractivity contribution >= 4 is 47.0 Å². The number of phenols is 1. The lowest BCUT2D eigenvalue weighted by atomic mass is 10.1. The van der Waals surface area contributed by atoms with Crippen LogP contribution in [-0.2, 0) is 34.7 Å². The number of phenolic OH excluding ortho intramolecular Hbond substituents is 1. The van der Waals surface area contributed by atoms with Crippen LogP contribution in [-0.4, -0.2) is 58.4 Å². The summed E-state index contributed by atoms with van der Waals surface area (Å²) >= 11 is 0. The molecule has 2 rings (SSSR count). The molecule has 0 amide bonds. The number of rotatable bonds is 8. The van der Waals surface area contributed by atoms with Crippen molar-refractivity contribution in [2.45, 2.75) is 11.8 Å². The van der Waals surface area contributed by atoms with Crippen LogP contribution in [0.4, 0.5) is 5.69 Å². The van der Waals surface area contributed by atoms with E-state index in [0.29, 0.717) is 0 Å². The van der Waals surface area contributed by atoms with Crippen LogP contribution in [0.1, 0.15) is 6.92 Å². The zero-order chi connectivity index (χ0) is 21.3. The molecule has 0 aliphatic heterocycles. The van der Waals surface area contributed by atoms with Crippen LogP contribution in [0.25, 0.3) is 10.8 Å². The quantitative estimate of drug-likeness (QED) is 0.482. The van der Waals surface area contributed by atoms with E-state index in [0.717, 1.165) is 16.4 Å². The molecule has 2 aromatic rings. The molecule has 0 heterocycles. The number of anilines is 1. The molecule has 0 spiro atoms. The fraction of sp³-hybridized carbons (Fsp3) is 0.286. The molecule has 0 unspecified atom stereocenters. The molecule has 156 valence electrons. The Morgan fingerprint density at radius 3 is 2.18 bits per heavy atom. The molecule has 0 saturated carbocycles. The van der Waals surface area contributed by atoms with Gasteiger partial charge in [-0.2, -0.15) is 16.8 Å². The molecule has 0 atom stereocenters. The Balaban J connectivity index is 2.46. The molecule has 0 radical (unpaired) electrons. The van der Waals surface area contributed by atoms with Crippen LogP contribution in [0.15, 0.2) is 35.2 Å². The standard InChI is InChI=1S/C14H17NO10S3/c1-2-15(26(17,18)6-5-25-28(22,23)24)11-3-4-13-10(7-11)8-12(9-14(13)16)27(19,20)21/h3-4,7-9,16H,2,5-6H2,1H3,(H,19,20,21)(H,22,23,24). The number of sulfonamides is 1. The lowest BCUT2D eigenvalue weighted by Gasteiger charge is -2.23. The maximum absolute atomic E-state index is 12.5. The molecule has 14 heteroatoms. The van der Waals surface area contributed by atoms with E-state index >= 15 is 0 Å². The Kier molecular flexibility index (Phi) is 6.22. The zero-order valence-corrected chi connectivity index (χ0v) is 16.8. The molecule has 3 N–H and O–H groups in total. The predicted molar refractivity (Wildman–Crippen MR) is 99.7 cm³/mol. The van der Waals surface area contributed by atoms with Crippen molar-refractivity contribution in [1.29, 1.82) is 0 Å². The van der Waals surface area contributed by atoms with Crippen LogP contribution < -0.4 is 4.31 Å². The van der Waals surface area contributed by atoms with Gasteiger partial charge in [0.05, 0.1) is 22.9 Å². The summed E-state index contributed by atoms with van der Waals surface area (Å²) in [6.45, 7) is 0.653. The van der Waals surface area contributed by atoms with Gasteiger partial charge in [-0.15, -0.1) is 0 Å². The number of aromatic hydroxyl groups is 1. The van der Waals surface area contributed by atoms with Crippen molar-refractivity contribution in [1.82, 2.24) is 0 Å². The molecule has 0 bridgehead atoms. The number of nitrogens with zero attached hydrogens (tertiary/aromatic N) is 1. The predicted octanol–water partition coefficient (Wildman–Crippen LogP) is 0.768. The van der Waals surface area contributed by atoms with Crippen LogP contribution in [0, 0.1) is 0 Å². The topological polar surface area (TPSA) is 176 Å². The van der Waals surface area contributed by atoms with Crippen LogP contribution >= 0.6 is 0 Å². The fourth-order valence-electron chi connectivity index (χ4n) is 2.51. The first kappa shape index (κ1) is 22.3. The summed E-state index contributed by atoms with van der Waals surface area (Å²) in [5.41, 5.74) is 0.105. The van der Waals surface area contributed by atoms with E-state index < -0.39 is 53.5 Å². The Bertz CT molecular complexity index is 1200. The second-order valence-electron chi connectivity index (χ2n) is 5.55. The lowest BCUT2D eigenvalue weighted by molar-refractivity contribution is 0.284. The average Bonchev–Trinajstić information content (AvgIpc) is 2.52. The highest BCUT2D eigenvalue weighted by atomic mass is 32.3. The van der Waals surface area contributed by atoms with Crippen molar-refractivity contribution in [3.8, 4) is 5.75 Å². The Morgan fingerprint density at radius 1 is 1.00 bits per heavy atom. The van der Waals surface area contributed by atoms with Crippen molar-refractivity contribution in [3.63, 3.8) is 0 Å². The van der Waals surface area contributed by atoms with E-state index in [1.54, 1.807) is 0 Å². The van der Waals surface area contributed by atoms with Crippen molar-refractivity contribution in [3.05, 3.63) is 30.3 Å². The third kappa shape index (κ3) is 5.30. The second kappa shape index (κ2) is 7.81. The largest absolute Gasteiger partial charge is 0.507 e. The third-order valence-electron chi connectivity index (χ3n) is 3.67. The lowest BCUT2D eigenvalue weighted by Crippen LogP contribution is -2.34. The fourth-order valence-corrected chi connectivity index (χ4v) is 4.79. The van der Waals surface area contributed by atoms with E-state index in [1.165, 1.54) is 25.1 Å². The van der Waals surface area contributed by atoms with E-state index in [9.17, 15) is 30.4 Å². The van der Waals surface area contributed by atoms with Gasteiger partial charge in [-0.05, 0) is 36.6 Å². The van der Waals surface area contributed by atoms with Crippen molar-refractivity contribution in [2.24, 2.45) is 0 Å². The monoisotopic (exact) mass is 455 g/mol. The number of hydrogen-bond acceptors (Lipinski definition) is 8. The summed E-state index contributed by atoms with van der Waals surface area (Å²) in [5, 5.41) is 10.3. The van der Waals surface area contributed by atoms with Crippen LogP contribution in [0.5, 0.6) is 5.75 Å². The first-order chi connectivity index (χ1) is 12.7. The molecule has 2 aromatic carbocycles. The third-order valence-corrected chi connectivity index (χ3v) is 6.79.